The number of hydrogen-bond donors (Lipinski definition) is 1. The van der Waals surface area contributed by atoms with Gasteiger partial charge in [0.1, 0.15) is 11.4 Å². The van der Waals surface area contributed by atoms with E-state index in [2.05, 4.69) is 0 Å². The summed E-state index contributed by atoms with van der Waals surface area (Å²) in [6.07, 6.45) is 10.6. The molecular weight excluding hydrogens is 176 g/mol. The second kappa shape index (κ2) is 3.35. The van der Waals surface area contributed by atoms with E-state index in [-0.39, 0.29) is 0 Å². The fraction of sp³-hybridized carbons (Fsp3) is 0.273. The zero-order valence-corrected chi connectivity index (χ0v) is 8.18. The molecule has 1 aromatic rings. The van der Waals surface area contributed by atoms with Crippen LogP contribution in [0.15, 0.2) is 48.5 Å². The summed E-state index contributed by atoms with van der Waals surface area (Å²) in [5.41, 5.74) is 5.76. The smallest absolute Gasteiger partial charge is 0.118 e. The number of allylic oxidation sites excluding steroid dienone is 1. The average Bonchev–Trinajstić information content (AvgIpc) is 2.71. The molecule has 1 heterocycles. The number of aromatic nitrogens is 1. The summed E-state index contributed by atoms with van der Waals surface area (Å²) in [7, 11) is 1.65. The van der Waals surface area contributed by atoms with Gasteiger partial charge in [0.05, 0.1) is 7.11 Å². The molecule has 2 N–H and O–H groups in total. The van der Waals surface area contributed by atoms with Crippen molar-refractivity contribution >= 4 is 0 Å². The van der Waals surface area contributed by atoms with Crippen molar-refractivity contribution < 1.29 is 4.74 Å². The lowest BCUT2D eigenvalue weighted by Crippen LogP contribution is -2.41. The first kappa shape index (κ1) is 9.09. The fourth-order valence-electron chi connectivity index (χ4n) is 1.64. The lowest BCUT2D eigenvalue weighted by atomic mass is 10.0. The summed E-state index contributed by atoms with van der Waals surface area (Å²) in [4.78, 5) is 0. The average molecular weight is 190 g/mol. The Kier molecular flexibility index (Phi) is 2.17. The van der Waals surface area contributed by atoms with E-state index in [1.807, 2.05) is 47.3 Å². The SMILES string of the molecule is COC1=CC(N)(n2cccc2)CC=C1. The van der Waals surface area contributed by atoms with Gasteiger partial charge in [-0.2, -0.15) is 0 Å². The van der Waals surface area contributed by atoms with Gasteiger partial charge in [0.2, 0.25) is 0 Å². The Morgan fingerprint density at radius 1 is 1.43 bits per heavy atom. The normalized spacial score (nSPS) is 26.0. The highest BCUT2D eigenvalue weighted by Gasteiger charge is 2.25. The third-order valence-electron chi connectivity index (χ3n) is 2.44. The Morgan fingerprint density at radius 3 is 2.79 bits per heavy atom. The molecule has 0 fully saturated rings. The lowest BCUT2D eigenvalue weighted by molar-refractivity contribution is 0.282. The molecule has 1 aliphatic carbocycles. The van der Waals surface area contributed by atoms with Crippen LogP contribution >= 0.6 is 0 Å². The standard InChI is InChI=1S/C11H14N2O/c1-14-10-5-4-6-11(12,9-10)13-7-2-3-8-13/h2-5,7-9H,6,12H2,1H3. The molecule has 1 aromatic heterocycles. The number of hydrogen-bond acceptors (Lipinski definition) is 2. The molecule has 0 saturated carbocycles. The van der Waals surface area contributed by atoms with Gasteiger partial charge in [0, 0.05) is 18.8 Å². The van der Waals surface area contributed by atoms with Crippen LogP contribution in [0.4, 0.5) is 0 Å². The van der Waals surface area contributed by atoms with Crippen LogP contribution in [-0.2, 0) is 10.4 Å². The van der Waals surface area contributed by atoms with E-state index < -0.39 is 5.66 Å². The quantitative estimate of drug-likeness (QED) is 0.769. The number of nitrogens with zero attached hydrogens (tertiary/aromatic N) is 1. The van der Waals surface area contributed by atoms with Gasteiger partial charge in [-0.15, -0.1) is 0 Å². The van der Waals surface area contributed by atoms with Crippen molar-refractivity contribution in [2.75, 3.05) is 7.11 Å². The number of nitrogens with two attached hydrogens (primary N) is 1. The largest absolute Gasteiger partial charge is 0.497 e. The van der Waals surface area contributed by atoms with Crippen LogP contribution in [0.25, 0.3) is 0 Å². The molecular formula is C11H14N2O. The highest BCUT2D eigenvalue weighted by molar-refractivity contribution is 5.24. The van der Waals surface area contributed by atoms with Gasteiger partial charge in [-0.05, 0) is 24.3 Å². The fourth-order valence-corrected chi connectivity index (χ4v) is 1.64. The molecule has 0 bridgehead atoms. The van der Waals surface area contributed by atoms with Crippen LogP contribution in [0.1, 0.15) is 6.42 Å². The predicted octanol–water partition coefficient (Wildman–Crippen LogP) is 1.59. The van der Waals surface area contributed by atoms with Gasteiger partial charge < -0.3 is 15.0 Å². The van der Waals surface area contributed by atoms with Crippen LogP contribution < -0.4 is 5.73 Å². The zero-order valence-electron chi connectivity index (χ0n) is 8.18. The molecule has 0 aliphatic heterocycles. The first-order chi connectivity index (χ1) is 6.74. The second-order valence-corrected chi connectivity index (χ2v) is 3.44. The Morgan fingerprint density at radius 2 is 2.14 bits per heavy atom. The minimum Gasteiger partial charge on any atom is -0.497 e. The van der Waals surface area contributed by atoms with E-state index in [1.165, 1.54) is 0 Å². The van der Waals surface area contributed by atoms with Crippen LogP contribution in [0.2, 0.25) is 0 Å². The molecule has 3 nitrogen and oxygen atoms in total. The van der Waals surface area contributed by atoms with Gasteiger partial charge in [-0.1, -0.05) is 6.08 Å². The summed E-state index contributed by atoms with van der Waals surface area (Å²) in [5.74, 6) is 0.812. The van der Waals surface area contributed by atoms with Gasteiger partial charge in [0.25, 0.3) is 0 Å². The van der Waals surface area contributed by atoms with Gasteiger partial charge in [-0.3, -0.25) is 0 Å². The van der Waals surface area contributed by atoms with E-state index in [1.54, 1.807) is 7.11 Å². The van der Waals surface area contributed by atoms with Crippen molar-refractivity contribution in [1.29, 1.82) is 0 Å². The maximum Gasteiger partial charge on any atom is 0.118 e. The summed E-state index contributed by atoms with van der Waals surface area (Å²) in [6.45, 7) is 0. The van der Waals surface area contributed by atoms with Crippen LogP contribution in [-0.4, -0.2) is 11.7 Å². The molecule has 3 heteroatoms. The Bertz CT molecular complexity index is 365. The van der Waals surface area contributed by atoms with Crippen LogP contribution in [0.5, 0.6) is 0 Å². The predicted molar refractivity (Wildman–Crippen MR) is 55.4 cm³/mol. The van der Waals surface area contributed by atoms with Crippen molar-refractivity contribution in [2.24, 2.45) is 5.73 Å². The molecule has 14 heavy (non-hydrogen) atoms. The first-order valence-electron chi connectivity index (χ1n) is 4.60. The third-order valence-corrected chi connectivity index (χ3v) is 2.44. The Hall–Kier alpha value is -1.48. The summed E-state index contributed by atoms with van der Waals surface area (Å²) in [6, 6.07) is 3.93. The van der Waals surface area contributed by atoms with E-state index in [4.69, 9.17) is 10.5 Å². The summed E-state index contributed by atoms with van der Waals surface area (Å²) >= 11 is 0. The number of methoxy groups -OCH3 is 1. The van der Waals surface area contributed by atoms with E-state index >= 15 is 0 Å². The maximum absolute atomic E-state index is 6.25. The Labute approximate surface area is 83.5 Å². The molecule has 74 valence electrons. The second-order valence-electron chi connectivity index (χ2n) is 3.44. The lowest BCUT2D eigenvalue weighted by Gasteiger charge is -2.29. The van der Waals surface area contributed by atoms with E-state index in [0.29, 0.717) is 0 Å². The minimum absolute atomic E-state index is 0.483. The molecule has 1 atom stereocenters. The summed E-state index contributed by atoms with van der Waals surface area (Å²) < 4.78 is 7.15. The van der Waals surface area contributed by atoms with E-state index in [9.17, 15) is 0 Å². The topological polar surface area (TPSA) is 40.2 Å². The molecule has 2 rings (SSSR count). The van der Waals surface area contributed by atoms with Crippen LogP contribution in [0, 0.1) is 0 Å². The molecule has 0 saturated heterocycles. The zero-order chi connectivity index (χ0) is 10.0. The minimum atomic E-state index is -0.483. The molecule has 1 aliphatic rings. The van der Waals surface area contributed by atoms with Gasteiger partial charge >= 0.3 is 0 Å². The number of rotatable bonds is 2. The van der Waals surface area contributed by atoms with Crippen molar-refractivity contribution in [3.8, 4) is 0 Å². The summed E-state index contributed by atoms with van der Waals surface area (Å²) in [5, 5.41) is 0. The molecule has 1 unspecified atom stereocenters. The molecule has 0 amide bonds. The van der Waals surface area contributed by atoms with Crippen molar-refractivity contribution in [1.82, 2.24) is 4.57 Å². The highest BCUT2D eigenvalue weighted by Crippen LogP contribution is 2.24. The van der Waals surface area contributed by atoms with Crippen molar-refractivity contribution in [2.45, 2.75) is 12.1 Å². The first-order valence-corrected chi connectivity index (χ1v) is 4.60. The third kappa shape index (κ3) is 1.46. The monoisotopic (exact) mass is 190 g/mol. The van der Waals surface area contributed by atoms with Crippen LogP contribution in [0.3, 0.4) is 0 Å². The molecule has 0 spiro atoms. The van der Waals surface area contributed by atoms with E-state index in [0.717, 1.165) is 12.2 Å². The number of ether oxygens (including phenoxy) is 1. The van der Waals surface area contributed by atoms with Gasteiger partial charge in [0.15, 0.2) is 0 Å². The van der Waals surface area contributed by atoms with Crippen molar-refractivity contribution in [3.63, 3.8) is 0 Å². The highest BCUT2D eigenvalue weighted by atomic mass is 16.5. The Balaban J connectivity index is 2.34. The molecule has 0 radical (unpaired) electrons. The maximum atomic E-state index is 6.25. The molecule has 0 aromatic carbocycles. The van der Waals surface area contributed by atoms with Crippen molar-refractivity contribution in [3.05, 3.63) is 48.5 Å². The van der Waals surface area contributed by atoms with Gasteiger partial charge in [-0.25, -0.2) is 0 Å².